The van der Waals surface area contributed by atoms with Crippen molar-refractivity contribution in [1.82, 2.24) is 0 Å². The van der Waals surface area contributed by atoms with Crippen LogP contribution in [-0.4, -0.2) is 44.8 Å². The quantitative estimate of drug-likeness (QED) is 0.363. The largest absolute Gasteiger partial charge is 0.481 e. The smallest absolute Gasteiger partial charge is 0.303 e. The standard InChI is InChI=1S/C21H30N2O3S/c1-21(2,15-20(25)26)11-13-27-12-10-18-19(24)9-8-17(23(18)22)14-16-6-4-3-5-7-16/h3-7,17H,8-15H2,1-2H3,(H2-,22,24,25,26)/p+1. The van der Waals surface area contributed by atoms with Crippen molar-refractivity contribution in [3.8, 4) is 0 Å². The SMILES string of the molecule is CC(C)(CCSCCC1=[N+](N)C(Cc2ccccc2)CCC1=O)CC(=O)O. The highest BCUT2D eigenvalue weighted by molar-refractivity contribution is 7.99. The number of hydrogen-bond donors (Lipinski definition) is 2. The van der Waals surface area contributed by atoms with E-state index in [-0.39, 0.29) is 23.7 Å². The second kappa shape index (κ2) is 9.93. The number of hydrazine groups is 1. The molecule has 2 rings (SSSR count). The van der Waals surface area contributed by atoms with Crippen LogP contribution in [0, 0.1) is 5.41 Å². The summed E-state index contributed by atoms with van der Waals surface area (Å²) in [7, 11) is 0. The number of nitrogens with zero attached hydrogens (tertiary/aromatic N) is 1. The third-order valence-corrected chi connectivity index (χ3v) is 6.07. The minimum Gasteiger partial charge on any atom is -0.481 e. The van der Waals surface area contributed by atoms with Crippen LogP contribution in [-0.2, 0) is 16.0 Å². The molecular weight excluding hydrogens is 360 g/mol. The number of nitrogens with two attached hydrogens (primary N) is 1. The zero-order chi connectivity index (χ0) is 19.9. The van der Waals surface area contributed by atoms with E-state index in [0.717, 1.165) is 36.5 Å². The Morgan fingerprint density at radius 3 is 2.67 bits per heavy atom. The van der Waals surface area contributed by atoms with Crippen molar-refractivity contribution in [3.63, 3.8) is 0 Å². The van der Waals surface area contributed by atoms with E-state index in [1.54, 1.807) is 16.4 Å². The van der Waals surface area contributed by atoms with Gasteiger partial charge in [-0.1, -0.05) is 44.2 Å². The molecule has 1 aromatic rings. The van der Waals surface area contributed by atoms with Crippen molar-refractivity contribution >= 4 is 29.2 Å². The third-order valence-electron chi connectivity index (χ3n) is 5.08. The summed E-state index contributed by atoms with van der Waals surface area (Å²) in [6.45, 7) is 3.97. The number of carbonyl (C=O) groups excluding carboxylic acids is 1. The fourth-order valence-corrected chi connectivity index (χ4v) is 4.66. The van der Waals surface area contributed by atoms with E-state index in [1.165, 1.54) is 5.56 Å². The molecular formula is C21H31N2O3S+. The molecule has 0 amide bonds. The summed E-state index contributed by atoms with van der Waals surface area (Å²) >= 11 is 1.76. The van der Waals surface area contributed by atoms with Gasteiger partial charge in [-0.05, 0) is 23.2 Å². The maximum atomic E-state index is 12.3. The molecule has 5 nitrogen and oxygen atoms in total. The fraction of sp³-hybridized carbons (Fsp3) is 0.571. The minimum absolute atomic E-state index is 0.161. The maximum absolute atomic E-state index is 12.3. The number of carbonyl (C=O) groups is 2. The van der Waals surface area contributed by atoms with E-state index < -0.39 is 5.97 Å². The zero-order valence-electron chi connectivity index (χ0n) is 16.3. The highest BCUT2D eigenvalue weighted by Gasteiger charge is 2.34. The van der Waals surface area contributed by atoms with Gasteiger partial charge in [0.2, 0.25) is 11.5 Å². The maximum Gasteiger partial charge on any atom is 0.303 e. The van der Waals surface area contributed by atoms with Crippen LogP contribution in [0.4, 0.5) is 0 Å². The first kappa shape index (κ1) is 21.5. The van der Waals surface area contributed by atoms with Crippen LogP contribution in [0.3, 0.4) is 0 Å². The first-order valence-electron chi connectivity index (χ1n) is 9.55. The molecule has 1 atom stereocenters. The van der Waals surface area contributed by atoms with Crippen LogP contribution in [0.5, 0.6) is 0 Å². The number of hydrazone groups is 1. The number of aliphatic carboxylic acids is 1. The summed E-state index contributed by atoms with van der Waals surface area (Å²) in [5, 5.41) is 8.94. The minimum atomic E-state index is -0.753. The van der Waals surface area contributed by atoms with Gasteiger partial charge in [-0.15, -0.1) is 4.68 Å². The van der Waals surface area contributed by atoms with Crippen molar-refractivity contribution in [3.05, 3.63) is 35.9 Å². The fourth-order valence-electron chi connectivity index (χ4n) is 3.42. The van der Waals surface area contributed by atoms with Crippen LogP contribution in [0.15, 0.2) is 30.3 Å². The van der Waals surface area contributed by atoms with Gasteiger partial charge in [0.05, 0.1) is 6.42 Å². The van der Waals surface area contributed by atoms with Gasteiger partial charge in [0, 0.05) is 31.4 Å². The number of ketones is 1. The molecule has 6 heteroatoms. The van der Waals surface area contributed by atoms with Crippen LogP contribution >= 0.6 is 11.8 Å². The highest BCUT2D eigenvalue weighted by Crippen LogP contribution is 2.27. The molecule has 1 aromatic carbocycles. The molecule has 1 unspecified atom stereocenters. The third kappa shape index (κ3) is 7.01. The molecule has 0 spiro atoms. The predicted octanol–water partition coefficient (Wildman–Crippen LogP) is 3.30. The zero-order valence-corrected chi connectivity index (χ0v) is 17.1. The van der Waals surface area contributed by atoms with Crippen LogP contribution in [0.1, 0.15) is 51.5 Å². The lowest BCUT2D eigenvalue weighted by atomic mass is 9.87. The molecule has 0 aliphatic carbocycles. The summed E-state index contributed by atoms with van der Waals surface area (Å²) in [4.78, 5) is 23.2. The summed E-state index contributed by atoms with van der Waals surface area (Å²) in [5.41, 5.74) is 1.77. The average molecular weight is 392 g/mol. The molecule has 0 bridgehead atoms. The first-order valence-corrected chi connectivity index (χ1v) is 10.7. The Kier molecular flexibility index (Phi) is 7.90. The Bertz CT molecular complexity index is 686. The number of rotatable bonds is 10. The topological polar surface area (TPSA) is 83.4 Å². The van der Waals surface area contributed by atoms with Gasteiger partial charge >= 0.3 is 5.97 Å². The number of carboxylic acid groups (broad SMARTS) is 1. The monoisotopic (exact) mass is 391 g/mol. The van der Waals surface area contributed by atoms with Gasteiger partial charge in [0.1, 0.15) is 0 Å². The summed E-state index contributed by atoms with van der Waals surface area (Å²) in [6, 6.07) is 10.4. The molecule has 27 heavy (non-hydrogen) atoms. The van der Waals surface area contributed by atoms with Crippen molar-refractivity contribution < 1.29 is 19.4 Å². The summed E-state index contributed by atoms with van der Waals surface area (Å²) < 4.78 is 1.70. The molecule has 0 saturated heterocycles. The predicted molar refractivity (Wildman–Crippen MR) is 110 cm³/mol. The Labute approximate surface area is 166 Å². The molecule has 148 valence electrons. The Hall–Kier alpha value is -1.82. The Morgan fingerprint density at radius 2 is 2.00 bits per heavy atom. The lowest BCUT2D eigenvalue weighted by Crippen LogP contribution is -2.46. The van der Waals surface area contributed by atoms with Crippen molar-refractivity contribution in [2.45, 2.75) is 58.4 Å². The van der Waals surface area contributed by atoms with E-state index in [9.17, 15) is 9.59 Å². The second-order valence-electron chi connectivity index (χ2n) is 8.01. The van der Waals surface area contributed by atoms with Gasteiger partial charge in [0.25, 0.3) is 0 Å². The molecule has 0 aromatic heterocycles. The molecule has 3 N–H and O–H groups in total. The van der Waals surface area contributed by atoms with Gasteiger partial charge < -0.3 is 5.11 Å². The Balaban J connectivity index is 1.85. The van der Waals surface area contributed by atoms with Gasteiger partial charge in [0.15, 0.2) is 6.04 Å². The van der Waals surface area contributed by atoms with Crippen LogP contribution in [0.2, 0.25) is 0 Å². The van der Waals surface area contributed by atoms with E-state index >= 15 is 0 Å². The van der Waals surface area contributed by atoms with Crippen molar-refractivity contribution in [2.75, 3.05) is 11.5 Å². The van der Waals surface area contributed by atoms with Gasteiger partial charge in [-0.25, -0.2) is 5.84 Å². The lowest BCUT2D eigenvalue weighted by Gasteiger charge is -2.22. The number of Topliss-reactive ketones (excluding diaryl/α,β-unsaturated/α-hetero) is 1. The second-order valence-corrected chi connectivity index (χ2v) is 9.23. The Morgan fingerprint density at radius 1 is 1.30 bits per heavy atom. The van der Waals surface area contributed by atoms with E-state index in [2.05, 4.69) is 12.1 Å². The summed E-state index contributed by atoms with van der Waals surface area (Å²) in [5.74, 6) is 7.43. The molecule has 0 saturated carbocycles. The highest BCUT2D eigenvalue weighted by atomic mass is 32.2. The number of hydrogen-bond acceptors (Lipinski definition) is 4. The van der Waals surface area contributed by atoms with E-state index in [4.69, 9.17) is 10.9 Å². The van der Waals surface area contributed by atoms with Crippen molar-refractivity contribution in [2.24, 2.45) is 11.3 Å². The first-order chi connectivity index (χ1) is 12.8. The van der Waals surface area contributed by atoms with Crippen molar-refractivity contribution in [1.29, 1.82) is 0 Å². The van der Waals surface area contributed by atoms with E-state index in [1.807, 2.05) is 32.0 Å². The normalized spacial score (nSPS) is 18.0. The van der Waals surface area contributed by atoms with Crippen LogP contribution in [0.25, 0.3) is 0 Å². The molecule has 0 fully saturated rings. The summed E-state index contributed by atoms with van der Waals surface area (Å²) in [6.07, 6.45) is 3.91. The van der Waals surface area contributed by atoms with Crippen LogP contribution < -0.4 is 5.84 Å². The lowest BCUT2D eigenvalue weighted by molar-refractivity contribution is -0.580. The number of benzene rings is 1. The number of thioether (sulfide) groups is 1. The molecule has 0 radical (unpaired) electrons. The molecule has 1 heterocycles. The van der Waals surface area contributed by atoms with Gasteiger partial charge in [-0.3, -0.25) is 9.59 Å². The average Bonchev–Trinajstić information content (AvgIpc) is 2.59. The number of carboxylic acids is 1. The van der Waals surface area contributed by atoms with Gasteiger partial charge in [-0.2, -0.15) is 11.8 Å². The van der Waals surface area contributed by atoms with E-state index in [0.29, 0.717) is 12.8 Å². The molecule has 1 aliphatic heterocycles. The molecule has 1 aliphatic rings.